The van der Waals surface area contributed by atoms with Crippen LogP contribution in [0.5, 0.6) is 0 Å². The fraction of sp³-hybridized carbons (Fsp3) is 0.600. The molecule has 1 aliphatic heterocycles. The number of anilines is 1. The Balaban J connectivity index is 2.25. The molecule has 1 aromatic rings. The van der Waals surface area contributed by atoms with Gasteiger partial charge in [0.2, 0.25) is 0 Å². The molecule has 1 aromatic carbocycles. The average molecular weight is 267 g/mol. The van der Waals surface area contributed by atoms with Gasteiger partial charge < -0.3 is 10.6 Å². The monoisotopic (exact) mass is 266 g/mol. The van der Waals surface area contributed by atoms with Gasteiger partial charge in [-0.3, -0.25) is 0 Å². The summed E-state index contributed by atoms with van der Waals surface area (Å²) in [4.78, 5) is 2.46. The molecule has 2 N–H and O–H groups in total. The van der Waals surface area contributed by atoms with E-state index in [-0.39, 0.29) is 6.04 Å². The molecule has 18 heavy (non-hydrogen) atoms. The van der Waals surface area contributed by atoms with Crippen LogP contribution in [0.1, 0.15) is 45.2 Å². The largest absolute Gasteiger partial charge is 0.369 e. The molecule has 3 heteroatoms. The lowest BCUT2D eigenvalue weighted by atomic mass is 9.94. The van der Waals surface area contributed by atoms with Gasteiger partial charge >= 0.3 is 0 Å². The van der Waals surface area contributed by atoms with Gasteiger partial charge in [0.15, 0.2) is 0 Å². The molecule has 1 aliphatic rings. The zero-order chi connectivity index (χ0) is 13.3. The van der Waals surface area contributed by atoms with Crippen molar-refractivity contribution < 1.29 is 0 Å². The minimum absolute atomic E-state index is 0.00995. The van der Waals surface area contributed by atoms with Crippen molar-refractivity contribution in [3.8, 4) is 0 Å². The highest BCUT2D eigenvalue weighted by Gasteiger charge is 2.23. The molecule has 0 bridgehead atoms. The average Bonchev–Trinajstić information content (AvgIpc) is 2.31. The highest BCUT2D eigenvalue weighted by Crippen LogP contribution is 2.31. The number of benzene rings is 1. The van der Waals surface area contributed by atoms with Gasteiger partial charge in [0, 0.05) is 29.3 Å². The number of halogens is 1. The summed E-state index contributed by atoms with van der Waals surface area (Å²) in [6.45, 7) is 7.69. The maximum absolute atomic E-state index is 6.32. The van der Waals surface area contributed by atoms with E-state index in [0.717, 1.165) is 23.0 Å². The Kier molecular flexibility index (Phi) is 4.18. The molecule has 100 valence electrons. The van der Waals surface area contributed by atoms with Crippen LogP contribution in [-0.4, -0.2) is 12.6 Å². The van der Waals surface area contributed by atoms with Gasteiger partial charge in [0.05, 0.1) is 0 Å². The summed E-state index contributed by atoms with van der Waals surface area (Å²) >= 11 is 6.32. The molecule has 0 saturated carbocycles. The topological polar surface area (TPSA) is 29.3 Å². The minimum Gasteiger partial charge on any atom is -0.369 e. The van der Waals surface area contributed by atoms with Crippen LogP contribution in [-0.2, 0) is 0 Å². The predicted molar refractivity (Wildman–Crippen MR) is 79.3 cm³/mol. The molecular weight excluding hydrogens is 244 g/mol. The van der Waals surface area contributed by atoms with E-state index in [1.807, 2.05) is 6.92 Å². The lowest BCUT2D eigenvalue weighted by molar-refractivity contribution is 0.390. The van der Waals surface area contributed by atoms with Crippen LogP contribution < -0.4 is 10.6 Å². The summed E-state index contributed by atoms with van der Waals surface area (Å²) in [6.07, 6.45) is 2.58. The van der Waals surface area contributed by atoms with E-state index >= 15 is 0 Å². The maximum Gasteiger partial charge on any atom is 0.0474 e. The summed E-state index contributed by atoms with van der Waals surface area (Å²) in [5.74, 6) is 0.757. The lowest BCUT2D eigenvalue weighted by Gasteiger charge is -2.38. The van der Waals surface area contributed by atoms with Gasteiger partial charge in [0.25, 0.3) is 0 Å². The van der Waals surface area contributed by atoms with Crippen molar-refractivity contribution in [2.75, 3.05) is 11.4 Å². The van der Waals surface area contributed by atoms with Gasteiger partial charge in [-0.25, -0.2) is 0 Å². The van der Waals surface area contributed by atoms with E-state index < -0.39 is 0 Å². The second kappa shape index (κ2) is 5.50. The smallest absolute Gasteiger partial charge is 0.0474 e. The summed E-state index contributed by atoms with van der Waals surface area (Å²) < 4.78 is 0. The number of hydrogen-bond acceptors (Lipinski definition) is 2. The van der Waals surface area contributed by atoms with Crippen LogP contribution in [0.3, 0.4) is 0 Å². The summed E-state index contributed by atoms with van der Waals surface area (Å²) in [7, 11) is 0. The van der Waals surface area contributed by atoms with E-state index in [9.17, 15) is 0 Å². The van der Waals surface area contributed by atoms with Gasteiger partial charge in [-0.2, -0.15) is 0 Å². The van der Waals surface area contributed by atoms with Crippen LogP contribution >= 0.6 is 11.6 Å². The van der Waals surface area contributed by atoms with Crippen LogP contribution in [0.4, 0.5) is 5.69 Å². The second-order valence-corrected chi connectivity index (χ2v) is 6.09. The Labute approximate surface area is 115 Å². The zero-order valence-electron chi connectivity index (χ0n) is 11.5. The van der Waals surface area contributed by atoms with Gasteiger partial charge in [-0.15, -0.1) is 0 Å². The highest BCUT2D eigenvalue weighted by atomic mass is 35.5. The number of piperidine rings is 1. The molecule has 0 amide bonds. The summed E-state index contributed by atoms with van der Waals surface area (Å²) in [5.41, 5.74) is 8.15. The molecule has 2 rings (SSSR count). The zero-order valence-corrected chi connectivity index (χ0v) is 12.2. The summed E-state index contributed by atoms with van der Waals surface area (Å²) in [5, 5.41) is 0.785. The Hall–Kier alpha value is -0.730. The molecule has 3 unspecified atom stereocenters. The van der Waals surface area contributed by atoms with Crippen molar-refractivity contribution in [2.45, 2.75) is 45.7 Å². The molecular formula is C15H23ClN2. The third kappa shape index (κ3) is 2.81. The first-order chi connectivity index (χ1) is 8.49. The normalized spacial score (nSPS) is 26.2. The Bertz CT molecular complexity index is 417. The Morgan fingerprint density at radius 2 is 2.06 bits per heavy atom. The molecule has 1 heterocycles. The lowest BCUT2D eigenvalue weighted by Crippen LogP contribution is -2.41. The molecule has 0 radical (unpaired) electrons. The third-order valence-electron chi connectivity index (χ3n) is 3.92. The molecule has 0 aromatic heterocycles. The first kappa shape index (κ1) is 13.7. The first-order valence-corrected chi connectivity index (χ1v) is 7.18. The van der Waals surface area contributed by atoms with E-state index in [2.05, 4.69) is 36.9 Å². The van der Waals surface area contributed by atoms with Gasteiger partial charge in [-0.1, -0.05) is 24.6 Å². The predicted octanol–water partition coefficient (Wildman–Crippen LogP) is 3.98. The fourth-order valence-electron chi connectivity index (χ4n) is 2.71. The van der Waals surface area contributed by atoms with Crippen LogP contribution in [0, 0.1) is 5.92 Å². The van der Waals surface area contributed by atoms with E-state index in [4.69, 9.17) is 17.3 Å². The van der Waals surface area contributed by atoms with Crippen molar-refractivity contribution in [1.82, 2.24) is 0 Å². The molecule has 0 spiro atoms. The second-order valence-electron chi connectivity index (χ2n) is 5.68. The SMILES string of the molecule is CC1CCC(C)N(c2ccc(C(C)N)c(Cl)c2)C1. The van der Waals surface area contributed by atoms with Crippen molar-refractivity contribution in [3.63, 3.8) is 0 Å². The fourth-order valence-corrected chi connectivity index (χ4v) is 3.06. The third-order valence-corrected chi connectivity index (χ3v) is 4.25. The first-order valence-electron chi connectivity index (χ1n) is 6.80. The minimum atomic E-state index is -0.00995. The van der Waals surface area contributed by atoms with Crippen LogP contribution in [0.15, 0.2) is 18.2 Å². The molecule has 3 atom stereocenters. The number of nitrogens with zero attached hydrogens (tertiary/aromatic N) is 1. The standard InChI is InChI=1S/C15H23ClN2/c1-10-4-5-11(2)18(9-10)13-6-7-14(12(3)17)15(16)8-13/h6-8,10-12H,4-5,9,17H2,1-3H3. The van der Waals surface area contributed by atoms with Crippen molar-refractivity contribution >= 4 is 17.3 Å². The summed E-state index contributed by atoms with van der Waals surface area (Å²) in [6, 6.07) is 6.87. The van der Waals surface area contributed by atoms with Crippen LogP contribution in [0.2, 0.25) is 5.02 Å². The van der Waals surface area contributed by atoms with E-state index in [0.29, 0.717) is 6.04 Å². The maximum atomic E-state index is 6.32. The number of nitrogens with two attached hydrogens (primary N) is 1. The van der Waals surface area contributed by atoms with Crippen molar-refractivity contribution in [2.24, 2.45) is 11.7 Å². The van der Waals surface area contributed by atoms with Crippen LogP contribution in [0.25, 0.3) is 0 Å². The van der Waals surface area contributed by atoms with Gasteiger partial charge in [0.1, 0.15) is 0 Å². The van der Waals surface area contributed by atoms with E-state index in [1.165, 1.54) is 18.5 Å². The van der Waals surface area contributed by atoms with Crippen molar-refractivity contribution in [3.05, 3.63) is 28.8 Å². The van der Waals surface area contributed by atoms with Gasteiger partial charge in [-0.05, 0) is 50.3 Å². The molecule has 0 aliphatic carbocycles. The van der Waals surface area contributed by atoms with Crippen molar-refractivity contribution in [1.29, 1.82) is 0 Å². The quantitative estimate of drug-likeness (QED) is 0.877. The molecule has 1 saturated heterocycles. The van der Waals surface area contributed by atoms with E-state index in [1.54, 1.807) is 0 Å². The Morgan fingerprint density at radius 3 is 2.67 bits per heavy atom. The highest BCUT2D eigenvalue weighted by molar-refractivity contribution is 6.31. The Morgan fingerprint density at radius 1 is 1.33 bits per heavy atom. The number of rotatable bonds is 2. The molecule has 2 nitrogen and oxygen atoms in total. The number of hydrogen-bond donors (Lipinski definition) is 1. The molecule has 1 fully saturated rings.